The van der Waals surface area contributed by atoms with E-state index in [1.807, 2.05) is 30.3 Å². The van der Waals surface area contributed by atoms with E-state index < -0.39 is 10.0 Å². The van der Waals surface area contributed by atoms with Crippen molar-refractivity contribution < 1.29 is 13.2 Å². The van der Waals surface area contributed by atoms with Crippen molar-refractivity contribution in [3.05, 3.63) is 35.9 Å². The fraction of sp³-hybridized carbons (Fsp3) is 0.562. The predicted molar refractivity (Wildman–Crippen MR) is 97.5 cm³/mol. The summed E-state index contributed by atoms with van der Waals surface area (Å²) in [6, 6.07) is 9.29. The van der Waals surface area contributed by atoms with Gasteiger partial charge in [0.25, 0.3) is 0 Å². The first kappa shape index (κ1) is 20.9. The fourth-order valence-electron chi connectivity index (χ4n) is 2.64. The maximum atomic E-state index is 12.0. The van der Waals surface area contributed by atoms with E-state index in [9.17, 15) is 13.2 Å². The molecule has 1 aromatic carbocycles. The monoisotopic (exact) mass is 375 g/mol. The van der Waals surface area contributed by atoms with Gasteiger partial charge in [-0.05, 0) is 24.8 Å². The summed E-state index contributed by atoms with van der Waals surface area (Å²) in [4.78, 5) is 11.8. The number of carbonyl (C=O) groups is 1. The molecule has 8 heteroatoms. The lowest BCUT2D eigenvalue weighted by Crippen LogP contribution is -2.33. The summed E-state index contributed by atoms with van der Waals surface area (Å²) >= 11 is 0. The molecular formula is C16H26ClN3O3S. The van der Waals surface area contributed by atoms with E-state index in [4.69, 9.17) is 5.73 Å². The smallest absolute Gasteiger partial charge is 0.220 e. The summed E-state index contributed by atoms with van der Waals surface area (Å²) in [6.45, 7) is 1.57. The quantitative estimate of drug-likeness (QED) is 0.718. The Morgan fingerprint density at radius 3 is 2.46 bits per heavy atom. The second-order valence-electron chi connectivity index (χ2n) is 5.85. The molecular weight excluding hydrogens is 350 g/mol. The van der Waals surface area contributed by atoms with Gasteiger partial charge in [0, 0.05) is 32.1 Å². The van der Waals surface area contributed by atoms with Crippen LogP contribution in [0.25, 0.3) is 0 Å². The molecule has 1 heterocycles. The Morgan fingerprint density at radius 1 is 1.21 bits per heavy atom. The van der Waals surface area contributed by atoms with E-state index in [1.165, 1.54) is 4.31 Å². The molecule has 1 amide bonds. The zero-order chi connectivity index (χ0) is 16.7. The summed E-state index contributed by atoms with van der Waals surface area (Å²) < 4.78 is 25.6. The second kappa shape index (κ2) is 9.98. The molecule has 0 spiro atoms. The van der Waals surface area contributed by atoms with Gasteiger partial charge in [-0.15, -0.1) is 12.4 Å². The Morgan fingerprint density at radius 2 is 1.83 bits per heavy atom. The van der Waals surface area contributed by atoms with Crippen LogP contribution in [0.2, 0.25) is 0 Å². The van der Waals surface area contributed by atoms with Gasteiger partial charge in [0.05, 0.1) is 5.75 Å². The van der Waals surface area contributed by atoms with Crippen LogP contribution in [-0.2, 0) is 14.8 Å². The van der Waals surface area contributed by atoms with E-state index in [0.29, 0.717) is 26.1 Å². The molecule has 1 unspecified atom stereocenters. The molecule has 1 aliphatic rings. The predicted octanol–water partition coefficient (Wildman–Crippen LogP) is 1.43. The number of rotatable bonds is 8. The number of sulfonamides is 1. The summed E-state index contributed by atoms with van der Waals surface area (Å²) in [6.07, 6.45) is 2.40. The molecule has 1 aromatic rings. The minimum absolute atomic E-state index is 0. The van der Waals surface area contributed by atoms with Gasteiger partial charge >= 0.3 is 0 Å². The largest absolute Gasteiger partial charge is 0.354 e. The highest BCUT2D eigenvalue weighted by Gasteiger charge is 2.24. The number of nitrogens with two attached hydrogens (primary N) is 1. The van der Waals surface area contributed by atoms with Crippen molar-refractivity contribution in [1.82, 2.24) is 9.62 Å². The van der Waals surface area contributed by atoms with Gasteiger partial charge in [-0.2, -0.15) is 0 Å². The SMILES string of the molecule is Cl.NC(CNC(=O)CCCS(=O)(=O)N1CCCC1)c1ccccc1. The topological polar surface area (TPSA) is 92.5 Å². The Bertz CT molecular complexity index is 604. The molecule has 6 nitrogen and oxygen atoms in total. The number of nitrogens with zero attached hydrogens (tertiary/aromatic N) is 1. The number of hydrogen-bond donors (Lipinski definition) is 2. The van der Waals surface area contributed by atoms with E-state index >= 15 is 0 Å². The lowest BCUT2D eigenvalue weighted by Gasteiger charge is -2.15. The highest BCUT2D eigenvalue weighted by Crippen LogP contribution is 2.14. The third-order valence-electron chi connectivity index (χ3n) is 4.01. The van der Waals surface area contributed by atoms with E-state index in [2.05, 4.69) is 5.32 Å². The molecule has 1 fully saturated rings. The zero-order valence-corrected chi connectivity index (χ0v) is 15.3. The van der Waals surface area contributed by atoms with Crippen LogP contribution in [0.3, 0.4) is 0 Å². The third kappa shape index (κ3) is 6.39. The average Bonchev–Trinajstić information content (AvgIpc) is 3.08. The maximum Gasteiger partial charge on any atom is 0.220 e. The minimum Gasteiger partial charge on any atom is -0.354 e. The molecule has 0 bridgehead atoms. The van der Waals surface area contributed by atoms with Crippen LogP contribution in [-0.4, -0.2) is 44.0 Å². The normalized spacial score (nSPS) is 16.4. The Kier molecular flexibility index (Phi) is 8.69. The van der Waals surface area contributed by atoms with Crippen molar-refractivity contribution in [3.8, 4) is 0 Å². The summed E-state index contributed by atoms with van der Waals surface area (Å²) in [5.74, 6) is -0.126. The molecule has 0 aromatic heterocycles. The highest BCUT2D eigenvalue weighted by molar-refractivity contribution is 7.89. The van der Waals surface area contributed by atoms with Gasteiger partial charge in [0.2, 0.25) is 15.9 Å². The average molecular weight is 376 g/mol. The van der Waals surface area contributed by atoms with E-state index in [-0.39, 0.29) is 36.5 Å². The molecule has 1 aliphatic heterocycles. The Balaban J connectivity index is 0.00000288. The zero-order valence-electron chi connectivity index (χ0n) is 13.7. The van der Waals surface area contributed by atoms with Crippen LogP contribution < -0.4 is 11.1 Å². The first-order valence-corrected chi connectivity index (χ1v) is 9.65. The molecule has 0 radical (unpaired) electrons. The van der Waals surface area contributed by atoms with Crippen molar-refractivity contribution in [2.45, 2.75) is 31.7 Å². The maximum absolute atomic E-state index is 12.0. The molecule has 1 saturated heterocycles. The first-order chi connectivity index (χ1) is 11.0. The van der Waals surface area contributed by atoms with Crippen molar-refractivity contribution in [1.29, 1.82) is 0 Å². The first-order valence-electron chi connectivity index (χ1n) is 8.04. The molecule has 24 heavy (non-hydrogen) atoms. The van der Waals surface area contributed by atoms with Gasteiger partial charge in [-0.25, -0.2) is 12.7 Å². The number of halogens is 1. The summed E-state index contributed by atoms with van der Waals surface area (Å²) in [7, 11) is -3.20. The lowest BCUT2D eigenvalue weighted by molar-refractivity contribution is -0.121. The second-order valence-corrected chi connectivity index (χ2v) is 7.94. The molecule has 0 aliphatic carbocycles. The molecule has 2 rings (SSSR count). The van der Waals surface area contributed by atoms with Crippen molar-refractivity contribution >= 4 is 28.3 Å². The number of nitrogens with one attached hydrogen (secondary N) is 1. The van der Waals surface area contributed by atoms with Gasteiger partial charge in [-0.1, -0.05) is 30.3 Å². The van der Waals surface area contributed by atoms with Crippen LogP contribution in [0.1, 0.15) is 37.3 Å². The van der Waals surface area contributed by atoms with Crippen LogP contribution in [0, 0.1) is 0 Å². The minimum atomic E-state index is -3.20. The van der Waals surface area contributed by atoms with Gasteiger partial charge < -0.3 is 11.1 Å². The van der Waals surface area contributed by atoms with Crippen LogP contribution >= 0.6 is 12.4 Å². The Labute approximate surface area is 150 Å². The van der Waals surface area contributed by atoms with Gasteiger partial charge in [-0.3, -0.25) is 4.79 Å². The molecule has 1 atom stereocenters. The summed E-state index contributed by atoms with van der Waals surface area (Å²) in [5, 5.41) is 2.76. The lowest BCUT2D eigenvalue weighted by atomic mass is 10.1. The third-order valence-corrected chi connectivity index (χ3v) is 5.97. The molecule has 0 saturated carbocycles. The number of benzene rings is 1. The van der Waals surface area contributed by atoms with Gasteiger partial charge in [0.15, 0.2) is 0 Å². The van der Waals surface area contributed by atoms with Crippen LogP contribution in [0.4, 0.5) is 0 Å². The van der Waals surface area contributed by atoms with Crippen molar-refractivity contribution in [2.24, 2.45) is 5.73 Å². The molecule has 136 valence electrons. The fourth-order valence-corrected chi connectivity index (χ4v) is 4.22. The summed E-state index contributed by atoms with van der Waals surface area (Å²) in [5.41, 5.74) is 6.97. The molecule has 3 N–H and O–H groups in total. The number of hydrogen-bond acceptors (Lipinski definition) is 4. The van der Waals surface area contributed by atoms with Crippen LogP contribution in [0.5, 0.6) is 0 Å². The number of carbonyl (C=O) groups excluding carboxylic acids is 1. The Hall–Kier alpha value is -1.15. The highest BCUT2D eigenvalue weighted by atomic mass is 35.5. The van der Waals surface area contributed by atoms with Crippen molar-refractivity contribution in [3.63, 3.8) is 0 Å². The van der Waals surface area contributed by atoms with Gasteiger partial charge in [0.1, 0.15) is 0 Å². The standard InChI is InChI=1S/C16H25N3O3S.ClH/c17-15(14-7-2-1-3-8-14)13-18-16(20)9-6-12-23(21,22)19-10-4-5-11-19;/h1-3,7-8,15H,4-6,9-13,17H2,(H,18,20);1H. The van der Waals surface area contributed by atoms with Crippen LogP contribution in [0.15, 0.2) is 30.3 Å². The number of amides is 1. The van der Waals surface area contributed by atoms with Crippen molar-refractivity contribution in [2.75, 3.05) is 25.4 Å². The van der Waals surface area contributed by atoms with E-state index in [0.717, 1.165) is 18.4 Å². The van der Waals surface area contributed by atoms with E-state index in [1.54, 1.807) is 0 Å².